The number of amides is 3. The first kappa shape index (κ1) is 12.4. The normalized spacial score (nSPS) is 15.3. The molecule has 3 amide bonds. The summed E-state index contributed by atoms with van der Waals surface area (Å²) >= 11 is 0. The van der Waals surface area contributed by atoms with Gasteiger partial charge in [0.1, 0.15) is 0 Å². The van der Waals surface area contributed by atoms with Gasteiger partial charge in [0.2, 0.25) is 5.91 Å². The average Bonchev–Trinajstić information content (AvgIpc) is 2.82. The van der Waals surface area contributed by atoms with Crippen molar-refractivity contribution < 1.29 is 9.59 Å². The summed E-state index contributed by atoms with van der Waals surface area (Å²) < 4.78 is 0. The van der Waals surface area contributed by atoms with Gasteiger partial charge in [-0.2, -0.15) is 0 Å². The SMILES string of the molecule is NC(=O)c1ccc(NC(=O)NC2CCCC2)cc1. The van der Waals surface area contributed by atoms with Crippen LogP contribution in [0.5, 0.6) is 0 Å². The highest BCUT2D eigenvalue weighted by molar-refractivity contribution is 5.94. The third-order valence-corrected chi connectivity index (χ3v) is 3.12. The van der Waals surface area contributed by atoms with E-state index in [4.69, 9.17) is 5.73 Å². The predicted octanol–water partition coefficient (Wildman–Crippen LogP) is 1.85. The molecule has 0 saturated heterocycles. The van der Waals surface area contributed by atoms with Gasteiger partial charge < -0.3 is 16.4 Å². The minimum absolute atomic E-state index is 0.200. The number of nitrogens with one attached hydrogen (secondary N) is 2. The molecule has 1 saturated carbocycles. The molecule has 1 fully saturated rings. The number of rotatable bonds is 3. The fraction of sp³-hybridized carbons (Fsp3) is 0.385. The number of benzene rings is 1. The van der Waals surface area contributed by atoms with Gasteiger partial charge >= 0.3 is 6.03 Å². The van der Waals surface area contributed by atoms with Gasteiger partial charge in [0.05, 0.1) is 0 Å². The molecule has 0 bridgehead atoms. The Labute approximate surface area is 106 Å². The molecule has 0 heterocycles. The van der Waals surface area contributed by atoms with Gasteiger partial charge in [-0.15, -0.1) is 0 Å². The van der Waals surface area contributed by atoms with Crippen LogP contribution in [-0.4, -0.2) is 18.0 Å². The highest BCUT2D eigenvalue weighted by Gasteiger charge is 2.16. The van der Waals surface area contributed by atoms with E-state index in [-0.39, 0.29) is 12.1 Å². The van der Waals surface area contributed by atoms with Crippen molar-refractivity contribution in [2.75, 3.05) is 5.32 Å². The lowest BCUT2D eigenvalue weighted by atomic mass is 10.2. The lowest BCUT2D eigenvalue weighted by molar-refractivity contribution is 0.100. The first-order valence-electron chi connectivity index (χ1n) is 6.12. The second-order valence-electron chi connectivity index (χ2n) is 4.52. The molecule has 4 N–H and O–H groups in total. The Kier molecular flexibility index (Phi) is 3.82. The van der Waals surface area contributed by atoms with E-state index in [1.54, 1.807) is 24.3 Å². The summed E-state index contributed by atoms with van der Waals surface area (Å²) in [5.41, 5.74) is 6.21. The first-order chi connectivity index (χ1) is 8.65. The largest absolute Gasteiger partial charge is 0.366 e. The van der Waals surface area contributed by atoms with Crippen molar-refractivity contribution in [2.45, 2.75) is 31.7 Å². The van der Waals surface area contributed by atoms with Crippen LogP contribution in [0, 0.1) is 0 Å². The number of hydrogen-bond acceptors (Lipinski definition) is 2. The molecule has 96 valence electrons. The summed E-state index contributed by atoms with van der Waals surface area (Å²) in [5, 5.41) is 5.66. The average molecular weight is 247 g/mol. The fourth-order valence-electron chi connectivity index (χ4n) is 2.14. The quantitative estimate of drug-likeness (QED) is 0.761. The van der Waals surface area contributed by atoms with E-state index in [0.717, 1.165) is 12.8 Å². The second kappa shape index (κ2) is 5.53. The topological polar surface area (TPSA) is 84.2 Å². The van der Waals surface area contributed by atoms with Gasteiger partial charge in [0.25, 0.3) is 0 Å². The molecule has 0 spiro atoms. The van der Waals surface area contributed by atoms with E-state index in [1.165, 1.54) is 12.8 Å². The maximum absolute atomic E-state index is 11.7. The van der Waals surface area contributed by atoms with Crippen LogP contribution in [0.1, 0.15) is 36.0 Å². The Morgan fingerprint density at radius 2 is 1.72 bits per heavy atom. The van der Waals surface area contributed by atoms with Crippen molar-refractivity contribution in [2.24, 2.45) is 5.73 Å². The Morgan fingerprint density at radius 3 is 2.28 bits per heavy atom. The van der Waals surface area contributed by atoms with E-state index < -0.39 is 5.91 Å². The first-order valence-corrected chi connectivity index (χ1v) is 6.12. The molecule has 1 aromatic carbocycles. The summed E-state index contributed by atoms with van der Waals surface area (Å²) in [7, 11) is 0. The monoisotopic (exact) mass is 247 g/mol. The molecule has 1 aromatic rings. The van der Waals surface area contributed by atoms with Gasteiger partial charge in [-0.3, -0.25) is 4.79 Å². The van der Waals surface area contributed by atoms with Gasteiger partial charge in [-0.25, -0.2) is 4.79 Å². The van der Waals surface area contributed by atoms with Gasteiger partial charge in [0, 0.05) is 17.3 Å². The molecule has 0 aromatic heterocycles. The molecular formula is C13H17N3O2. The van der Waals surface area contributed by atoms with E-state index in [0.29, 0.717) is 11.3 Å². The number of nitrogens with two attached hydrogens (primary N) is 1. The summed E-state index contributed by atoms with van der Waals surface area (Å²) in [6, 6.07) is 6.59. The zero-order valence-electron chi connectivity index (χ0n) is 10.1. The number of hydrogen-bond donors (Lipinski definition) is 3. The highest BCUT2D eigenvalue weighted by atomic mass is 16.2. The third-order valence-electron chi connectivity index (χ3n) is 3.12. The summed E-state index contributed by atoms with van der Waals surface area (Å²) in [4.78, 5) is 22.6. The fourth-order valence-corrected chi connectivity index (χ4v) is 2.14. The van der Waals surface area contributed by atoms with Crippen molar-refractivity contribution in [1.82, 2.24) is 5.32 Å². The predicted molar refractivity (Wildman–Crippen MR) is 69.4 cm³/mol. The molecule has 5 heteroatoms. The van der Waals surface area contributed by atoms with Gasteiger partial charge in [-0.05, 0) is 37.1 Å². The van der Waals surface area contributed by atoms with E-state index in [1.807, 2.05) is 0 Å². The number of urea groups is 1. The van der Waals surface area contributed by atoms with E-state index in [9.17, 15) is 9.59 Å². The molecular weight excluding hydrogens is 230 g/mol. The Bertz CT molecular complexity index is 436. The summed E-state index contributed by atoms with van der Waals surface area (Å²) in [6.07, 6.45) is 4.46. The Morgan fingerprint density at radius 1 is 1.11 bits per heavy atom. The minimum Gasteiger partial charge on any atom is -0.366 e. The van der Waals surface area contributed by atoms with Crippen molar-refractivity contribution in [3.05, 3.63) is 29.8 Å². The molecule has 0 aliphatic heterocycles. The van der Waals surface area contributed by atoms with Crippen LogP contribution in [0.3, 0.4) is 0 Å². The van der Waals surface area contributed by atoms with Crippen molar-refractivity contribution in [3.8, 4) is 0 Å². The van der Waals surface area contributed by atoms with Crippen LogP contribution in [0.4, 0.5) is 10.5 Å². The van der Waals surface area contributed by atoms with Gasteiger partial charge in [0.15, 0.2) is 0 Å². The maximum Gasteiger partial charge on any atom is 0.319 e. The molecule has 1 aliphatic rings. The van der Waals surface area contributed by atoms with Crippen LogP contribution in [0.2, 0.25) is 0 Å². The molecule has 0 unspecified atom stereocenters. The summed E-state index contributed by atoms with van der Waals surface area (Å²) in [6.45, 7) is 0. The van der Waals surface area contributed by atoms with Crippen molar-refractivity contribution in [1.29, 1.82) is 0 Å². The van der Waals surface area contributed by atoms with Crippen LogP contribution >= 0.6 is 0 Å². The number of carbonyl (C=O) groups is 2. The van der Waals surface area contributed by atoms with E-state index >= 15 is 0 Å². The van der Waals surface area contributed by atoms with Crippen molar-refractivity contribution in [3.63, 3.8) is 0 Å². The smallest absolute Gasteiger partial charge is 0.319 e. The van der Waals surface area contributed by atoms with Crippen molar-refractivity contribution >= 4 is 17.6 Å². The van der Waals surface area contributed by atoms with Gasteiger partial charge in [-0.1, -0.05) is 12.8 Å². The summed E-state index contributed by atoms with van der Waals surface area (Å²) in [5.74, 6) is -0.475. The van der Waals surface area contributed by atoms with E-state index in [2.05, 4.69) is 10.6 Å². The van der Waals surface area contributed by atoms with Crippen LogP contribution in [0.25, 0.3) is 0 Å². The van der Waals surface area contributed by atoms with Crippen LogP contribution < -0.4 is 16.4 Å². The molecule has 0 atom stereocenters. The Hall–Kier alpha value is -2.04. The second-order valence-corrected chi connectivity index (χ2v) is 4.52. The third kappa shape index (κ3) is 3.23. The highest BCUT2D eigenvalue weighted by Crippen LogP contribution is 2.17. The standard InChI is InChI=1S/C13H17N3O2/c14-12(17)9-5-7-11(8-6-9)16-13(18)15-10-3-1-2-4-10/h5-8,10H,1-4H2,(H2,14,17)(H2,15,16,18). The molecule has 5 nitrogen and oxygen atoms in total. The molecule has 2 rings (SSSR count). The number of anilines is 1. The zero-order valence-corrected chi connectivity index (χ0v) is 10.1. The number of carbonyl (C=O) groups excluding carboxylic acids is 2. The minimum atomic E-state index is -0.475. The van der Waals surface area contributed by atoms with Crippen LogP contribution in [0.15, 0.2) is 24.3 Å². The number of primary amides is 1. The molecule has 1 aliphatic carbocycles. The lowest BCUT2D eigenvalue weighted by Crippen LogP contribution is -2.36. The maximum atomic E-state index is 11.7. The lowest BCUT2D eigenvalue weighted by Gasteiger charge is -2.12. The molecule has 18 heavy (non-hydrogen) atoms. The van der Waals surface area contributed by atoms with Crippen LogP contribution in [-0.2, 0) is 0 Å². The zero-order chi connectivity index (χ0) is 13.0. The molecule has 0 radical (unpaired) electrons. The Balaban J connectivity index is 1.88.